The molecule has 0 aliphatic rings. The number of H-pyrrole nitrogens is 1. The first-order chi connectivity index (χ1) is 9.52. The van der Waals surface area contributed by atoms with E-state index in [0.29, 0.717) is 0 Å². The van der Waals surface area contributed by atoms with Crippen LogP contribution in [0.25, 0.3) is 0 Å². The fourth-order valence-corrected chi connectivity index (χ4v) is 1.62. The Morgan fingerprint density at radius 2 is 2.25 bits per heavy atom. The maximum atomic E-state index is 13.6. The van der Waals surface area contributed by atoms with Gasteiger partial charge < -0.3 is 16.3 Å². The highest BCUT2D eigenvalue weighted by Crippen LogP contribution is 2.15. The van der Waals surface area contributed by atoms with Crippen molar-refractivity contribution in [1.82, 2.24) is 10.2 Å². The molecule has 0 spiro atoms. The summed E-state index contributed by atoms with van der Waals surface area (Å²) in [6.45, 7) is 1.74. The van der Waals surface area contributed by atoms with Gasteiger partial charge in [0.2, 0.25) is 0 Å². The van der Waals surface area contributed by atoms with Crippen LogP contribution in [0, 0.1) is 12.7 Å². The molecule has 1 heterocycles. The number of hydrogen-bond acceptors (Lipinski definition) is 4. The molecule has 0 unspecified atom stereocenters. The number of amides is 1. The van der Waals surface area contributed by atoms with Crippen LogP contribution in [0.15, 0.2) is 29.6 Å². The number of nitrogens with two attached hydrogens (primary N) is 1. The van der Waals surface area contributed by atoms with E-state index in [1.54, 1.807) is 13.0 Å². The maximum Gasteiger partial charge on any atom is 0.259 e. The Kier molecular flexibility index (Phi) is 3.65. The van der Waals surface area contributed by atoms with E-state index in [9.17, 15) is 9.18 Å². The minimum Gasteiger partial charge on any atom is -0.409 e. The third kappa shape index (κ3) is 2.58. The van der Waals surface area contributed by atoms with Gasteiger partial charge in [-0.15, -0.1) is 0 Å². The summed E-state index contributed by atoms with van der Waals surface area (Å²) in [5, 5.41) is 20.0. The lowest BCUT2D eigenvalue weighted by Crippen LogP contribution is -2.19. The second-order valence-electron chi connectivity index (χ2n) is 4.08. The molecular formula is C12H12FN5O2. The van der Waals surface area contributed by atoms with Crippen molar-refractivity contribution in [3.8, 4) is 0 Å². The van der Waals surface area contributed by atoms with Crippen LogP contribution in [0.3, 0.4) is 0 Å². The number of nitrogens with one attached hydrogen (secondary N) is 2. The van der Waals surface area contributed by atoms with Crippen LogP contribution in [0.4, 0.5) is 10.2 Å². The van der Waals surface area contributed by atoms with Crippen molar-refractivity contribution in [2.45, 2.75) is 6.92 Å². The summed E-state index contributed by atoms with van der Waals surface area (Å²) in [5.41, 5.74) is 6.27. The summed E-state index contributed by atoms with van der Waals surface area (Å²) in [4.78, 5) is 12.0. The highest BCUT2D eigenvalue weighted by Gasteiger charge is 2.16. The zero-order valence-corrected chi connectivity index (χ0v) is 10.5. The number of anilines is 1. The molecule has 104 valence electrons. The fourth-order valence-electron chi connectivity index (χ4n) is 1.62. The molecule has 2 aromatic rings. The van der Waals surface area contributed by atoms with Gasteiger partial charge in [0.1, 0.15) is 11.6 Å². The highest BCUT2D eigenvalue weighted by molar-refractivity contribution is 6.09. The number of halogens is 1. The summed E-state index contributed by atoms with van der Waals surface area (Å²) < 4.78 is 13.6. The van der Waals surface area contributed by atoms with Gasteiger partial charge in [-0.05, 0) is 19.1 Å². The number of amidine groups is 1. The maximum absolute atomic E-state index is 13.6. The normalized spacial score (nSPS) is 11.4. The number of hydrogen-bond donors (Lipinski definition) is 4. The molecule has 0 radical (unpaired) electrons. The lowest BCUT2D eigenvalue weighted by atomic mass is 10.1. The van der Waals surface area contributed by atoms with Crippen LogP contribution in [-0.4, -0.2) is 27.1 Å². The van der Waals surface area contributed by atoms with Crippen LogP contribution in [0.2, 0.25) is 0 Å². The van der Waals surface area contributed by atoms with Gasteiger partial charge in [0.25, 0.3) is 5.91 Å². The van der Waals surface area contributed by atoms with Crippen molar-refractivity contribution in [3.05, 3.63) is 46.9 Å². The number of aromatic nitrogens is 2. The predicted molar refractivity (Wildman–Crippen MR) is 70.2 cm³/mol. The van der Waals surface area contributed by atoms with Gasteiger partial charge in [-0.3, -0.25) is 9.89 Å². The Bertz CT molecular complexity index is 680. The first-order valence-electron chi connectivity index (χ1n) is 5.61. The smallest absolute Gasteiger partial charge is 0.259 e. The first kappa shape index (κ1) is 13.5. The van der Waals surface area contributed by atoms with Crippen LogP contribution in [-0.2, 0) is 0 Å². The van der Waals surface area contributed by atoms with E-state index >= 15 is 0 Å². The summed E-state index contributed by atoms with van der Waals surface area (Å²) in [6, 6.07) is 4.19. The van der Waals surface area contributed by atoms with Crippen LogP contribution >= 0.6 is 0 Å². The van der Waals surface area contributed by atoms with Gasteiger partial charge in [0.15, 0.2) is 5.84 Å². The van der Waals surface area contributed by atoms with Gasteiger partial charge in [0, 0.05) is 0 Å². The SMILES string of the molecule is Cc1ccc(F)c(C(=O)Nc2[nH]ncc2C(N)=NO)c1. The van der Waals surface area contributed by atoms with Crippen LogP contribution < -0.4 is 11.1 Å². The topological polar surface area (TPSA) is 116 Å². The summed E-state index contributed by atoms with van der Waals surface area (Å²) in [5.74, 6) is -1.41. The molecular weight excluding hydrogens is 265 g/mol. The molecule has 0 saturated heterocycles. The molecule has 7 nitrogen and oxygen atoms in total. The predicted octanol–water partition coefficient (Wildman–Crippen LogP) is 1.20. The van der Waals surface area contributed by atoms with Gasteiger partial charge in [-0.2, -0.15) is 5.10 Å². The number of aromatic amines is 1. The largest absolute Gasteiger partial charge is 0.409 e. The van der Waals surface area contributed by atoms with Gasteiger partial charge in [0.05, 0.1) is 17.3 Å². The van der Waals surface area contributed by atoms with E-state index in [0.717, 1.165) is 5.56 Å². The standard InChI is InChI=1S/C12H12FN5O2/c1-6-2-3-9(13)7(4-6)12(19)16-11-8(5-15-17-11)10(14)18-20/h2-5,20H,1H3,(H2,14,18)(H2,15,16,17,19). The van der Waals surface area contributed by atoms with Gasteiger partial charge in [-0.1, -0.05) is 16.8 Å². The number of aryl methyl sites for hydroxylation is 1. The Morgan fingerprint density at radius 3 is 2.95 bits per heavy atom. The summed E-state index contributed by atoms with van der Waals surface area (Å²) in [7, 11) is 0. The number of oxime groups is 1. The van der Waals surface area contributed by atoms with E-state index in [-0.39, 0.29) is 22.8 Å². The van der Waals surface area contributed by atoms with Crippen molar-refractivity contribution < 1.29 is 14.4 Å². The molecule has 0 fully saturated rings. The zero-order valence-electron chi connectivity index (χ0n) is 10.5. The Labute approximate surface area is 113 Å². The average Bonchev–Trinajstić information content (AvgIpc) is 2.88. The van der Waals surface area contributed by atoms with E-state index in [1.807, 2.05) is 0 Å². The molecule has 0 aliphatic heterocycles. The highest BCUT2D eigenvalue weighted by atomic mass is 19.1. The lowest BCUT2D eigenvalue weighted by molar-refractivity contribution is 0.102. The molecule has 1 amide bonds. The average molecular weight is 277 g/mol. The van der Waals surface area contributed by atoms with E-state index in [4.69, 9.17) is 10.9 Å². The number of carbonyl (C=O) groups is 1. The number of benzene rings is 1. The molecule has 0 bridgehead atoms. The van der Waals surface area contributed by atoms with Crippen molar-refractivity contribution in [2.75, 3.05) is 5.32 Å². The Balaban J connectivity index is 2.29. The molecule has 1 aromatic heterocycles. The Morgan fingerprint density at radius 1 is 1.50 bits per heavy atom. The Hall–Kier alpha value is -2.90. The number of carbonyl (C=O) groups excluding carboxylic acids is 1. The lowest BCUT2D eigenvalue weighted by Gasteiger charge is -2.06. The quantitative estimate of drug-likeness (QED) is 0.292. The first-order valence-corrected chi connectivity index (χ1v) is 5.61. The number of rotatable bonds is 3. The summed E-state index contributed by atoms with van der Waals surface area (Å²) >= 11 is 0. The molecule has 2 rings (SSSR count). The molecule has 1 aromatic carbocycles. The molecule has 20 heavy (non-hydrogen) atoms. The van der Waals surface area contributed by atoms with E-state index in [2.05, 4.69) is 20.7 Å². The van der Waals surface area contributed by atoms with Gasteiger partial charge >= 0.3 is 0 Å². The fraction of sp³-hybridized carbons (Fsp3) is 0.0833. The monoisotopic (exact) mass is 277 g/mol. The van der Waals surface area contributed by atoms with Crippen molar-refractivity contribution in [2.24, 2.45) is 10.9 Å². The minimum absolute atomic E-state index is 0.106. The third-order valence-electron chi connectivity index (χ3n) is 2.63. The van der Waals surface area contributed by atoms with Crippen molar-refractivity contribution in [3.63, 3.8) is 0 Å². The van der Waals surface area contributed by atoms with Crippen molar-refractivity contribution in [1.29, 1.82) is 0 Å². The molecule has 0 atom stereocenters. The molecule has 0 saturated carbocycles. The van der Waals surface area contributed by atoms with Crippen LogP contribution in [0.1, 0.15) is 21.5 Å². The van der Waals surface area contributed by atoms with Gasteiger partial charge in [-0.25, -0.2) is 4.39 Å². The van der Waals surface area contributed by atoms with Crippen LogP contribution in [0.5, 0.6) is 0 Å². The van der Waals surface area contributed by atoms with E-state index in [1.165, 1.54) is 18.3 Å². The molecule has 0 aliphatic carbocycles. The van der Waals surface area contributed by atoms with E-state index < -0.39 is 11.7 Å². The number of nitrogens with zero attached hydrogens (tertiary/aromatic N) is 2. The zero-order chi connectivity index (χ0) is 14.7. The molecule has 5 N–H and O–H groups in total. The minimum atomic E-state index is -0.664. The molecule has 8 heteroatoms. The second-order valence-corrected chi connectivity index (χ2v) is 4.08. The summed E-state index contributed by atoms with van der Waals surface area (Å²) in [6.07, 6.45) is 1.28. The third-order valence-corrected chi connectivity index (χ3v) is 2.63. The second kappa shape index (κ2) is 5.39. The van der Waals surface area contributed by atoms with Crippen molar-refractivity contribution >= 4 is 17.6 Å².